The van der Waals surface area contributed by atoms with Crippen LogP contribution >= 0.6 is 11.8 Å². The van der Waals surface area contributed by atoms with Gasteiger partial charge in [0.25, 0.3) is 14.2 Å². The summed E-state index contributed by atoms with van der Waals surface area (Å²) in [5.74, 6) is -5.68. The molecule has 310 valence electrons. The molecule has 3 heterocycles. The molecular formula is C41H46N6O10SSi. The van der Waals surface area contributed by atoms with Gasteiger partial charge in [-0.25, -0.2) is 9.59 Å². The fourth-order valence-corrected chi connectivity index (χ4v) is 13.1. The van der Waals surface area contributed by atoms with Crippen molar-refractivity contribution < 1.29 is 47.9 Å². The number of β-lactam (4-membered cyclic amide) rings is 1. The number of urea groups is 1. The van der Waals surface area contributed by atoms with Crippen LogP contribution in [0.1, 0.15) is 46.2 Å². The maximum atomic E-state index is 13.9. The summed E-state index contributed by atoms with van der Waals surface area (Å²) < 4.78 is 12.5. The van der Waals surface area contributed by atoms with Gasteiger partial charge in [-0.1, -0.05) is 112 Å². The molecule has 6 rings (SSSR count). The van der Waals surface area contributed by atoms with E-state index in [9.17, 15) is 38.7 Å². The highest BCUT2D eigenvalue weighted by Gasteiger charge is 2.56. The first-order valence-corrected chi connectivity index (χ1v) is 22.0. The third-order valence-corrected chi connectivity index (χ3v) is 16.6. The number of amides is 6. The number of piperazine rings is 1. The van der Waals surface area contributed by atoms with E-state index in [1.165, 1.54) is 11.8 Å². The monoisotopic (exact) mass is 842 g/mol. The van der Waals surface area contributed by atoms with Crippen LogP contribution in [0, 0.1) is 0 Å². The average Bonchev–Trinajstić information content (AvgIpc) is 3.22. The molecule has 59 heavy (non-hydrogen) atoms. The molecule has 4 N–H and O–H groups in total. The number of hydroxylamine groups is 1. The highest BCUT2D eigenvalue weighted by molar-refractivity contribution is 8.00. The lowest BCUT2D eigenvalue weighted by Gasteiger charge is -2.50. The summed E-state index contributed by atoms with van der Waals surface area (Å²) in [6, 6.07) is 23.8. The first-order valence-electron chi connectivity index (χ1n) is 19.0. The molecule has 2 fully saturated rings. The quantitative estimate of drug-likeness (QED) is 0.0487. The van der Waals surface area contributed by atoms with Gasteiger partial charge in [0.15, 0.2) is 6.23 Å². The Morgan fingerprint density at radius 3 is 1.98 bits per heavy atom. The predicted octanol–water partition coefficient (Wildman–Crippen LogP) is 1.84. The molecule has 3 aliphatic rings. The Bertz CT molecular complexity index is 2110. The molecule has 0 saturated carbocycles. The fourth-order valence-electron chi connectivity index (χ4n) is 7.52. The number of ether oxygens (including phenoxy) is 1. The van der Waals surface area contributed by atoms with Gasteiger partial charge in [-0.15, -0.1) is 11.8 Å². The zero-order valence-electron chi connectivity index (χ0n) is 33.2. The van der Waals surface area contributed by atoms with E-state index in [0.717, 1.165) is 31.9 Å². The van der Waals surface area contributed by atoms with Gasteiger partial charge in [-0.2, -0.15) is 5.48 Å². The van der Waals surface area contributed by atoms with Gasteiger partial charge < -0.3 is 29.9 Å². The Balaban J connectivity index is 1.26. The summed E-state index contributed by atoms with van der Waals surface area (Å²) in [6.07, 6.45) is -1.43. The highest BCUT2D eigenvalue weighted by Crippen LogP contribution is 2.42. The summed E-state index contributed by atoms with van der Waals surface area (Å²) in [4.78, 5) is 95.1. The molecule has 2 saturated heterocycles. The van der Waals surface area contributed by atoms with Gasteiger partial charge in [-0.3, -0.25) is 33.8 Å². The first-order chi connectivity index (χ1) is 28.1. The second-order valence-electron chi connectivity index (χ2n) is 15.1. The van der Waals surface area contributed by atoms with Crippen molar-refractivity contribution in [1.82, 2.24) is 30.8 Å². The van der Waals surface area contributed by atoms with E-state index < -0.39 is 84.3 Å². The Labute approximate surface area is 346 Å². The Morgan fingerprint density at radius 1 is 0.881 bits per heavy atom. The molecule has 0 aliphatic carbocycles. The van der Waals surface area contributed by atoms with Crippen molar-refractivity contribution in [3.05, 3.63) is 108 Å². The molecule has 0 aromatic heterocycles. The number of fused-ring (bicyclic) bond motifs is 1. The second kappa shape index (κ2) is 17.6. The maximum Gasteiger partial charge on any atom is 0.352 e. The molecule has 0 radical (unpaired) electrons. The van der Waals surface area contributed by atoms with Gasteiger partial charge in [0.2, 0.25) is 5.91 Å². The van der Waals surface area contributed by atoms with E-state index in [1.54, 1.807) is 37.3 Å². The summed E-state index contributed by atoms with van der Waals surface area (Å²) in [5, 5.41) is 16.2. The van der Waals surface area contributed by atoms with Crippen LogP contribution in [0.4, 0.5) is 4.79 Å². The van der Waals surface area contributed by atoms with Crippen LogP contribution in [0.15, 0.2) is 102 Å². The zero-order chi connectivity index (χ0) is 42.6. The number of hydrogen-bond acceptors (Lipinski definition) is 11. The Hall–Kier alpha value is -5.82. The van der Waals surface area contributed by atoms with E-state index in [4.69, 9.17) is 9.26 Å². The van der Waals surface area contributed by atoms with Crippen molar-refractivity contribution in [1.29, 1.82) is 0 Å². The van der Waals surface area contributed by atoms with Crippen molar-refractivity contribution in [3.63, 3.8) is 0 Å². The summed E-state index contributed by atoms with van der Waals surface area (Å²) in [6.45, 7) is 9.35. The summed E-state index contributed by atoms with van der Waals surface area (Å²) in [7, 11) is -3.29. The number of nitrogens with one attached hydrogen (secondary N) is 3. The van der Waals surface area contributed by atoms with Gasteiger partial charge in [-0.05, 0) is 27.9 Å². The van der Waals surface area contributed by atoms with Crippen molar-refractivity contribution >= 4 is 72.1 Å². The number of imide groups is 1. The number of rotatable bonds is 13. The molecule has 3 aliphatic heterocycles. The molecule has 3 aromatic carbocycles. The highest BCUT2D eigenvalue weighted by atomic mass is 32.2. The second-order valence-corrected chi connectivity index (χ2v) is 20.4. The number of thioether (sulfide) groups is 1. The SMILES string of the molecule is CCN1CCN(C(=O)NC(C(=O)N[C@@H]2C(=O)N3C(C(=O)O)=C(C(NO[Si](c4ccccc4)(c4ccccc4)C(C)(C)C)OC(C)=O)CS[C@H]23)c2ccccc2)C(=O)C1=O. The van der Waals surface area contributed by atoms with Crippen molar-refractivity contribution in [2.24, 2.45) is 0 Å². The summed E-state index contributed by atoms with van der Waals surface area (Å²) >= 11 is 1.14. The number of carbonyl (C=O) groups is 7. The molecule has 3 aromatic rings. The molecular weight excluding hydrogens is 797 g/mol. The summed E-state index contributed by atoms with van der Waals surface area (Å²) in [5.41, 5.74) is 2.89. The van der Waals surface area contributed by atoms with Crippen LogP contribution in [0.2, 0.25) is 5.04 Å². The van der Waals surface area contributed by atoms with Gasteiger partial charge >= 0.3 is 29.8 Å². The third-order valence-electron chi connectivity index (χ3n) is 10.4. The molecule has 2 unspecified atom stereocenters. The van der Waals surface area contributed by atoms with Crippen LogP contribution in [0.25, 0.3) is 0 Å². The average molecular weight is 843 g/mol. The minimum absolute atomic E-state index is 0.0454. The molecule has 0 spiro atoms. The number of esters is 1. The van der Waals surface area contributed by atoms with E-state index in [2.05, 4.69) is 16.1 Å². The van der Waals surface area contributed by atoms with Crippen molar-refractivity contribution in [2.45, 2.75) is 63.3 Å². The largest absolute Gasteiger partial charge is 0.477 e. The maximum absolute atomic E-state index is 13.9. The molecule has 18 heteroatoms. The van der Waals surface area contributed by atoms with Gasteiger partial charge in [0.1, 0.15) is 23.2 Å². The van der Waals surface area contributed by atoms with Crippen LogP contribution in [-0.4, -0.2) is 113 Å². The van der Waals surface area contributed by atoms with Crippen molar-refractivity contribution in [3.8, 4) is 0 Å². The predicted molar refractivity (Wildman–Crippen MR) is 219 cm³/mol. The lowest BCUT2D eigenvalue weighted by Crippen LogP contribution is -2.72. The van der Waals surface area contributed by atoms with E-state index in [0.29, 0.717) is 5.56 Å². The lowest BCUT2D eigenvalue weighted by atomic mass is 10.0. The molecule has 0 bridgehead atoms. The lowest BCUT2D eigenvalue weighted by molar-refractivity contribution is -0.153. The number of carboxylic acid groups (broad SMARTS) is 1. The number of carbonyl (C=O) groups excluding carboxylic acids is 6. The number of aliphatic carboxylic acids is 1. The number of nitrogens with zero attached hydrogens (tertiary/aromatic N) is 3. The first kappa shape index (κ1) is 42.8. The number of benzene rings is 3. The number of carboxylic acids is 1. The molecule has 16 nitrogen and oxygen atoms in total. The van der Waals surface area contributed by atoms with E-state index in [-0.39, 0.29) is 31.0 Å². The standard InChI is InChI=1S/C41H46N6O10SSi/c1-6-45-22-23-46(37(52)36(45)51)40(55)43-30(26-16-10-7-11-17-26)33(49)42-31-35(50)47-32(39(53)54)29(24-58-38(31)47)34(56-25(2)48)44-57-59(41(3,4)5,27-18-12-8-13-19-27)28-20-14-9-15-21-28/h7-21,30-31,34,38,44H,6,22-24H2,1-5H3,(H,42,49)(H,43,55)(H,53,54)/t30?,31-,34?,38-/m1/s1. The van der Waals surface area contributed by atoms with Crippen molar-refractivity contribution in [2.75, 3.05) is 25.4 Å². The minimum atomic E-state index is -3.29. The Morgan fingerprint density at radius 2 is 1.46 bits per heavy atom. The third kappa shape index (κ3) is 8.38. The zero-order valence-corrected chi connectivity index (χ0v) is 35.0. The van der Waals surface area contributed by atoms with Gasteiger partial charge in [0, 0.05) is 37.9 Å². The molecule has 6 amide bonds. The Kier molecular flexibility index (Phi) is 12.7. The van der Waals surface area contributed by atoms with Crippen LogP contribution in [0.3, 0.4) is 0 Å². The smallest absolute Gasteiger partial charge is 0.352 e. The topological polar surface area (TPSA) is 204 Å². The minimum Gasteiger partial charge on any atom is -0.477 e. The van der Waals surface area contributed by atoms with Crippen LogP contribution in [-0.2, 0) is 38.0 Å². The van der Waals surface area contributed by atoms with Crippen LogP contribution < -0.4 is 26.5 Å². The number of hydrogen-bond donors (Lipinski definition) is 4. The molecule has 4 atom stereocenters. The van der Waals surface area contributed by atoms with E-state index in [1.807, 2.05) is 81.4 Å². The van der Waals surface area contributed by atoms with Crippen LogP contribution in [0.5, 0.6) is 0 Å². The van der Waals surface area contributed by atoms with E-state index >= 15 is 0 Å². The fraction of sp³-hybridized carbons (Fsp3) is 0.341. The normalized spacial score (nSPS) is 19.3. The number of likely N-dealkylation sites (N-methyl/N-ethyl adjacent to an activating group) is 1. The van der Waals surface area contributed by atoms with Gasteiger partial charge in [0.05, 0.1) is 0 Å².